The molecule has 0 aliphatic rings. The van der Waals surface area contributed by atoms with Crippen molar-refractivity contribution in [3.05, 3.63) is 209 Å². The Morgan fingerprint density at radius 2 is 0.967 bits per heavy atom. The number of nitrogens with two attached hydrogens (primary N) is 1. The van der Waals surface area contributed by atoms with Crippen LogP contribution in [0.4, 0.5) is 22.7 Å². The van der Waals surface area contributed by atoms with Gasteiger partial charge in [-0.15, -0.1) is 0 Å². The van der Waals surface area contributed by atoms with Gasteiger partial charge in [0.05, 0.1) is 84.3 Å². The third kappa shape index (κ3) is 21.1. The smallest absolute Gasteiger partial charge is 0.229 e. The molecular weight excluding hydrogens is 1260 g/mol. The Hall–Kier alpha value is -8.45. The summed E-state index contributed by atoms with van der Waals surface area (Å²) in [5.41, 5.74) is 16.2. The number of aliphatic hydroxyl groups excluding tert-OH is 2. The lowest BCUT2D eigenvalue weighted by Gasteiger charge is -2.14. The second-order valence-electron chi connectivity index (χ2n) is 20.7. The third-order valence-electron chi connectivity index (χ3n) is 12.9. The van der Waals surface area contributed by atoms with Crippen LogP contribution in [0.15, 0.2) is 167 Å². The molecule has 24 nitrogen and oxygen atoms in total. The maximum absolute atomic E-state index is 11.7. The summed E-state index contributed by atoms with van der Waals surface area (Å²) >= 11 is 5.78. The molecule has 9 aromatic rings. The summed E-state index contributed by atoms with van der Waals surface area (Å²) in [6.07, 6.45) is 7.31. The van der Waals surface area contributed by atoms with Crippen molar-refractivity contribution >= 4 is 82.1 Å². The Bertz CT molecular complexity index is 4320. The maximum Gasteiger partial charge on any atom is 0.229 e. The zero-order chi connectivity index (χ0) is 65.3. The number of benzene rings is 6. The Labute approximate surface area is 531 Å². The van der Waals surface area contributed by atoms with Crippen molar-refractivity contribution in [3.63, 3.8) is 0 Å². The number of imidazole rings is 3. The fraction of sp³-hybridized carbons (Fsp3) is 0.246. The van der Waals surface area contributed by atoms with Crippen LogP contribution in [0.25, 0.3) is 22.5 Å². The van der Waals surface area contributed by atoms with Gasteiger partial charge in [-0.3, -0.25) is 14.2 Å². The van der Waals surface area contributed by atoms with E-state index in [1.807, 2.05) is 100 Å². The highest BCUT2D eigenvalue weighted by Gasteiger charge is 2.20. The highest BCUT2D eigenvalue weighted by Crippen LogP contribution is 2.35. The number of rotatable bonds is 24. The van der Waals surface area contributed by atoms with Gasteiger partial charge in [-0.1, -0.05) is 124 Å². The summed E-state index contributed by atoms with van der Waals surface area (Å²) < 4.78 is 98.0. The molecule has 9 rings (SSSR count). The summed E-state index contributed by atoms with van der Waals surface area (Å²) in [4.78, 5) is 25.3. The molecule has 8 N–H and O–H groups in total. The quantitative estimate of drug-likeness (QED) is 0.0277. The minimum Gasteiger partial charge on any atom is -0.506 e. The fourth-order valence-electron chi connectivity index (χ4n) is 9.40. The number of aromatic nitrogens is 6. The van der Waals surface area contributed by atoms with E-state index in [1.54, 1.807) is 61.7 Å². The first-order chi connectivity index (χ1) is 42.7. The first kappa shape index (κ1) is 69.0. The van der Waals surface area contributed by atoms with Crippen LogP contribution in [0.3, 0.4) is 0 Å². The van der Waals surface area contributed by atoms with Gasteiger partial charge < -0.3 is 65.4 Å². The van der Waals surface area contributed by atoms with E-state index >= 15 is 0 Å². The van der Waals surface area contributed by atoms with E-state index in [1.165, 1.54) is 38.5 Å². The van der Waals surface area contributed by atoms with Crippen molar-refractivity contribution in [1.29, 1.82) is 0 Å². The second kappa shape index (κ2) is 31.8. The molecule has 0 aliphatic carbocycles. The van der Waals surface area contributed by atoms with E-state index in [0.29, 0.717) is 60.4 Å². The van der Waals surface area contributed by atoms with Crippen molar-refractivity contribution in [1.82, 2.24) is 28.7 Å². The number of phenolic OH excluding ortho intramolecular Hbond substituents is 2. The number of hydrogen-bond donors (Lipinski definition) is 7. The first-order valence-corrected chi connectivity index (χ1v) is 33.7. The number of anilines is 2. The number of carbonyl (C=O) groups excluding carboxylic acids is 1. The molecule has 478 valence electrons. The van der Waals surface area contributed by atoms with Crippen molar-refractivity contribution in [2.45, 2.75) is 71.4 Å². The molecule has 0 spiro atoms. The summed E-state index contributed by atoms with van der Waals surface area (Å²) in [5.74, 6) is -0.834. The van der Waals surface area contributed by atoms with Gasteiger partial charge in [0.2, 0.25) is 26.0 Å². The van der Waals surface area contributed by atoms with E-state index in [9.17, 15) is 50.5 Å². The molecule has 0 bridgehead atoms. The normalized spacial score (nSPS) is 12.9. The molecule has 29 heteroatoms. The largest absolute Gasteiger partial charge is 0.506 e. The van der Waals surface area contributed by atoms with Gasteiger partial charge in [0.1, 0.15) is 16.5 Å². The number of primary amides is 1. The number of aliphatic hydroxyl groups is 2. The maximum atomic E-state index is 11.7. The number of halogens is 1. The van der Waals surface area contributed by atoms with Crippen LogP contribution < -0.4 is 15.2 Å². The van der Waals surface area contributed by atoms with Crippen LogP contribution in [-0.4, -0.2) is 111 Å². The van der Waals surface area contributed by atoms with Crippen molar-refractivity contribution in [2.75, 3.05) is 36.2 Å². The molecule has 90 heavy (non-hydrogen) atoms. The van der Waals surface area contributed by atoms with Gasteiger partial charge >= 0.3 is 0 Å². The molecule has 6 aromatic carbocycles. The van der Waals surface area contributed by atoms with E-state index in [0.717, 1.165) is 57.7 Å². The Morgan fingerprint density at radius 3 is 1.34 bits per heavy atom. The van der Waals surface area contributed by atoms with Gasteiger partial charge in [-0.2, -0.15) is 0 Å². The molecule has 0 radical (unpaired) electrons. The fourth-order valence-corrected chi connectivity index (χ4v) is 11.3. The molecule has 0 fully saturated rings. The summed E-state index contributed by atoms with van der Waals surface area (Å²) in [6, 6.07) is 41.7. The van der Waals surface area contributed by atoms with Crippen LogP contribution >= 0.6 is 11.6 Å². The number of nitrogens with zero attached hydrogens (tertiary/aromatic N) is 8. The minimum absolute atomic E-state index is 0.00558. The van der Waals surface area contributed by atoms with E-state index in [2.05, 4.69) is 37.3 Å². The number of sulfonamides is 2. The molecule has 0 saturated carbocycles. The van der Waals surface area contributed by atoms with Gasteiger partial charge in [-0.05, 0) is 84.6 Å². The van der Waals surface area contributed by atoms with E-state index in [-0.39, 0.29) is 46.5 Å². The Kier molecular flexibility index (Phi) is 24.4. The van der Waals surface area contributed by atoms with Gasteiger partial charge in [0.25, 0.3) is 0 Å². The minimum atomic E-state index is -3.55. The highest BCUT2D eigenvalue weighted by atomic mass is 35.5. The van der Waals surface area contributed by atoms with Crippen molar-refractivity contribution in [3.8, 4) is 34.0 Å². The monoisotopic (exact) mass is 1330 g/mol. The lowest BCUT2D eigenvalue weighted by atomic mass is 10.1. The standard InChI is InChI=1S/C21H24N5O5S2.C21H25N4O5S2.C19H19ClN2O3/c1-31-32(28)24-17-8-16(9-18(11-17)25-33(2,29)30)13-26-14-23-19(20(26)12-21(22)27)10-15-6-4-3-5-7-15;1-15(26)9-20-21(17-7-5-4-6-8-17)22-14-25(20)13-16-10-18(23-31(27)30-2)12-19(11-16)24-32(3,28)29;1-12(23)7-15-19(14-5-3-2-4-6-14)21-11-22(15)10-13-8-16(24)18(20)17(25)9-13/h3-9,11,14,25H,10,12-13H2,1-2H3,(H2,22,27);4-8,10-12,14-15,24,26H,9,13H2,1-3H3;2-6,8-9,11-12,23-25H,7,10H2,1H3/q2*-1;. The molecule has 0 saturated heterocycles. The van der Waals surface area contributed by atoms with E-state index in [4.69, 9.17) is 21.5 Å². The zero-order valence-electron chi connectivity index (χ0n) is 49.7. The number of phenols is 2. The number of aromatic hydroxyl groups is 2. The molecule has 2 atom stereocenters. The van der Waals surface area contributed by atoms with E-state index < -0.39 is 59.9 Å². The number of carbonyl (C=O) groups is 1. The summed E-state index contributed by atoms with van der Waals surface area (Å²) in [6.45, 7) is 4.42. The number of hydrogen-bond acceptors (Lipinski definition) is 20. The zero-order valence-corrected chi connectivity index (χ0v) is 53.8. The van der Waals surface area contributed by atoms with Gasteiger partial charge in [0, 0.05) is 87.0 Å². The van der Waals surface area contributed by atoms with Crippen LogP contribution in [-0.2, 0) is 109 Å². The molecule has 3 aromatic heterocycles. The number of nitrogens with one attached hydrogen (secondary N) is 2. The van der Waals surface area contributed by atoms with Crippen molar-refractivity contribution in [2.24, 2.45) is 14.5 Å². The average Bonchev–Trinajstić information content (AvgIpc) is 1.72. The molecular formula is C61H68ClN11O13S4-2. The van der Waals surface area contributed by atoms with Crippen LogP contribution in [0.2, 0.25) is 5.02 Å². The van der Waals surface area contributed by atoms with Crippen LogP contribution in [0, 0.1) is 0 Å². The first-order valence-electron chi connectivity index (χ1n) is 27.4. The van der Waals surface area contributed by atoms with Gasteiger partial charge in [0.15, 0.2) is 0 Å². The van der Waals surface area contributed by atoms with Crippen molar-refractivity contribution < 1.29 is 58.8 Å². The lowest BCUT2D eigenvalue weighted by molar-refractivity contribution is -0.117. The van der Waals surface area contributed by atoms with Crippen LogP contribution in [0.1, 0.15) is 58.9 Å². The topological polar surface area (TPSA) is 347 Å². The second-order valence-corrected chi connectivity index (χ2v) is 26.4. The SMILES string of the molecule is CC(O)Cc1c(-c2ccccc2)ncn1Cc1cc(O)c(Cl)c(O)c1.CO[S-](=O)=Nc1cc(Cn2cnc(-c3ccccc3)c2CC(C)O)cc(NS(C)(=O)=O)c1.CO[S-](=O)=Nc1cc(Cn2cnc(Cc3ccccc3)c2CC(N)=O)cc(NS(C)(=O)=O)c1. The third-order valence-corrected chi connectivity index (χ3v) is 15.8. The highest BCUT2D eigenvalue weighted by molar-refractivity contribution is 7.92. The van der Waals surface area contributed by atoms with Gasteiger partial charge in [-0.25, -0.2) is 31.8 Å². The predicted molar refractivity (Wildman–Crippen MR) is 347 cm³/mol. The Balaban J connectivity index is 0.000000194. The Morgan fingerprint density at radius 1 is 0.589 bits per heavy atom. The average molecular weight is 1330 g/mol. The van der Waals surface area contributed by atoms with Crippen LogP contribution in [0.5, 0.6) is 11.5 Å². The molecule has 0 aliphatic heterocycles. The number of amides is 1. The lowest BCUT2D eigenvalue weighted by Crippen LogP contribution is -2.18. The summed E-state index contributed by atoms with van der Waals surface area (Å²) in [5, 5.41) is 39.5. The molecule has 1 amide bonds. The molecule has 2 unspecified atom stereocenters. The molecule has 3 heterocycles. The summed E-state index contributed by atoms with van der Waals surface area (Å²) in [7, 11) is -8.40. The predicted octanol–water partition coefficient (Wildman–Crippen LogP) is 9.08.